The third kappa shape index (κ3) is 5.50. The van der Waals surface area contributed by atoms with Crippen molar-refractivity contribution in [1.29, 1.82) is 0 Å². The highest BCUT2D eigenvalue weighted by molar-refractivity contribution is 5.96. The van der Waals surface area contributed by atoms with Crippen LogP contribution in [-0.4, -0.2) is 31.2 Å². The first kappa shape index (κ1) is 20.8. The molecule has 0 aliphatic rings. The highest BCUT2D eigenvalue weighted by Crippen LogP contribution is 2.28. The Labute approximate surface area is 155 Å². The second-order valence-corrected chi connectivity index (χ2v) is 6.37. The number of aromatic hydroxyl groups is 1. The van der Waals surface area contributed by atoms with Crippen molar-refractivity contribution in [3.05, 3.63) is 39.8 Å². The number of phenols is 1. The van der Waals surface area contributed by atoms with Gasteiger partial charge in [0.05, 0.1) is 0 Å². The Bertz CT molecular complexity index is 852. The van der Waals surface area contributed by atoms with Gasteiger partial charge in [0.1, 0.15) is 5.56 Å². The third-order valence-electron chi connectivity index (χ3n) is 4.28. The number of carbonyl (C=O) groups is 1. The van der Waals surface area contributed by atoms with E-state index in [9.17, 15) is 23.5 Å². The lowest BCUT2D eigenvalue weighted by molar-refractivity contribution is 0.0949. The number of hydrogen-bond donors (Lipinski definition) is 3. The number of nitrogens with one attached hydrogen (secondary N) is 2. The number of carbonyl (C=O) groups excluding carboxylic acids is 1. The highest BCUT2D eigenvalue weighted by Gasteiger charge is 2.19. The fourth-order valence-corrected chi connectivity index (χ4v) is 2.77. The minimum atomic E-state index is -1.37. The monoisotopic (exact) mass is 382 g/mol. The van der Waals surface area contributed by atoms with E-state index in [0.29, 0.717) is 6.54 Å². The second kappa shape index (κ2) is 10.0. The van der Waals surface area contributed by atoms with Crippen LogP contribution in [0.2, 0.25) is 0 Å². The zero-order valence-corrected chi connectivity index (χ0v) is 15.2. The maximum Gasteiger partial charge on any atom is 0.349 e. The molecule has 0 fully saturated rings. The lowest BCUT2D eigenvalue weighted by Crippen LogP contribution is -2.29. The number of fused-ring (bicyclic) bond motifs is 1. The Balaban J connectivity index is 1.89. The quantitative estimate of drug-likeness (QED) is 0.434. The largest absolute Gasteiger partial charge is 0.503 e. The first-order chi connectivity index (χ1) is 13.0. The van der Waals surface area contributed by atoms with Gasteiger partial charge in [0, 0.05) is 11.9 Å². The summed E-state index contributed by atoms with van der Waals surface area (Å²) in [6, 6.07) is 1.87. The van der Waals surface area contributed by atoms with Crippen LogP contribution in [0.5, 0.6) is 5.75 Å². The van der Waals surface area contributed by atoms with Gasteiger partial charge in [-0.1, -0.05) is 25.7 Å². The summed E-state index contributed by atoms with van der Waals surface area (Å²) >= 11 is 0. The molecular weight excluding hydrogens is 358 g/mol. The highest BCUT2D eigenvalue weighted by atomic mass is 19.1. The van der Waals surface area contributed by atoms with Crippen LogP contribution in [0.1, 0.15) is 48.9 Å². The van der Waals surface area contributed by atoms with E-state index in [4.69, 9.17) is 4.42 Å². The summed E-state index contributed by atoms with van der Waals surface area (Å²) in [7, 11) is 1.93. The second-order valence-electron chi connectivity index (χ2n) is 6.37. The molecule has 0 aliphatic carbocycles. The predicted octanol–water partition coefficient (Wildman–Crippen LogP) is 3.07. The van der Waals surface area contributed by atoms with Crippen molar-refractivity contribution in [2.45, 2.75) is 38.5 Å². The molecule has 6 nitrogen and oxygen atoms in total. The molecule has 0 saturated carbocycles. The van der Waals surface area contributed by atoms with E-state index in [1.165, 1.54) is 0 Å². The van der Waals surface area contributed by atoms with Crippen molar-refractivity contribution in [2.24, 2.45) is 0 Å². The Morgan fingerprint density at radius 2 is 1.70 bits per heavy atom. The summed E-state index contributed by atoms with van der Waals surface area (Å²) in [6.07, 6.45) is 6.24. The molecule has 27 heavy (non-hydrogen) atoms. The molecule has 0 aliphatic heterocycles. The van der Waals surface area contributed by atoms with E-state index in [1.807, 2.05) is 7.05 Å². The van der Waals surface area contributed by atoms with Gasteiger partial charge >= 0.3 is 5.63 Å². The molecule has 1 aromatic carbocycles. The van der Waals surface area contributed by atoms with Gasteiger partial charge in [-0.15, -0.1) is 0 Å². The molecular formula is C19H24F2N2O4. The van der Waals surface area contributed by atoms with Crippen LogP contribution in [0.4, 0.5) is 8.78 Å². The zero-order chi connectivity index (χ0) is 19.8. The molecule has 1 heterocycles. The van der Waals surface area contributed by atoms with Crippen molar-refractivity contribution in [1.82, 2.24) is 10.6 Å². The average molecular weight is 382 g/mol. The van der Waals surface area contributed by atoms with Crippen LogP contribution in [0, 0.1) is 11.6 Å². The number of phenolic OH excluding ortho intramolecular Hbond substituents is 1. The van der Waals surface area contributed by atoms with Gasteiger partial charge in [-0.05, 0) is 38.6 Å². The first-order valence-electron chi connectivity index (χ1n) is 9.03. The summed E-state index contributed by atoms with van der Waals surface area (Å²) < 4.78 is 32.0. The number of benzene rings is 1. The van der Waals surface area contributed by atoms with Gasteiger partial charge in [0.25, 0.3) is 5.91 Å². The van der Waals surface area contributed by atoms with E-state index >= 15 is 0 Å². The molecule has 8 heteroatoms. The van der Waals surface area contributed by atoms with E-state index in [-0.39, 0.29) is 10.9 Å². The minimum Gasteiger partial charge on any atom is -0.503 e. The average Bonchev–Trinajstić information content (AvgIpc) is 2.65. The predicted molar refractivity (Wildman–Crippen MR) is 98.0 cm³/mol. The first-order valence-corrected chi connectivity index (χ1v) is 9.03. The summed E-state index contributed by atoms with van der Waals surface area (Å²) in [5.41, 5.74) is -1.97. The molecule has 0 saturated heterocycles. The van der Waals surface area contributed by atoms with Crippen LogP contribution in [0.15, 0.2) is 21.3 Å². The molecule has 2 aromatic rings. The van der Waals surface area contributed by atoms with E-state index in [0.717, 1.165) is 57.2 Å². The molecule has 1 aromatic heterocycles. The van der Waals surface area contributed by atoms with Gasteiger partial charge in [-0.25, -0.2) is 9.18 Å². The smallest absolute Gasteiger partial charge is 0.349 e. The number of unbranched alkanes of at least 4 members (excludes halogenated alkanes) is 5. The standard InChI is InChI=1S/C19H24F2N2O4/c1-22-8-6-4-2-3-5-7-9-23-18(25)13-10-12-11-14(20)16(24)15(21)17(12)27-19(13)26/h10-11,22,24H,2-9H2,1H3,(H,23,25). The maximum atomic E-state index is 13.8. The molecule has 0 atom stereocenters. The van der Waals surface area contributed by atoms with Gasteiger partial charge in [-0.2, -0.15) is 4.39 Å². The van der Waals surface area contributed by atoms with Crippen LogP contribution in [-0.2, 0) is 0 Å². The van der Waals surface area contributed by atoms with Crippen LogP contribution in [0.25, 0.3) is 11.0 Å². The number of rotatable bonds is 10. The van der Waals surface area contributed by atoms with Crippen LogP contribution in [0.3, 0.4) is 0 Å². The Kier molecular flexibility index (Phi) is 7.72. The molecule has 148 valence electrons. The number of amides is 1. The normalized spacial score (nSPS) is 11.1. The summed E-state index contributed by atoms with van der Waals surface area (Å²) in [5, 5.41) is 14.8. The summed E-state index contributed by atoms with van der Waals surface area (Å²) in [5.74, 6) is -4.46. The number of halogens is 2. The fourth-order valence-electron chi connectivity index (χ4n) is 2.77. The Morgan fingerprint density at radius 1 is 1.07 bits per heavy atom. The van der Waals surface area contributed by atoms with Crippen molar-refractivity contribution in [3.8, 4) is 5.75 Å². The maximum absolute atomic E-state index is 13.8. The topological polar surface area (TPSA) is 91.6 Å². The van der Waals surface area contributed by atoms with Gasteiger partial charge < -0.3 is 20.2 Å². The SMILES string of the molecule is CNCCCCCCCCNC(=O)c1cc2cc(F)c(O)c(F)c2oc1=O. The van der Waals surface area contributed by atoms with Crippen LogP contribution < -0.4 is 16.3 Å². The summed E-state index contributed by atoms with van der Waals surface area (Å²) in [4.78, 5) is 24.0. The molecule has 3 N–H and O–H groups in total. The summed E-state index contributed by atoms with van der Waals surface area (Å²) in [6.45, 7) is 1.41. The minimum absolute atomic E-state index is 0.117. The molecule has 2 rings (SSSR count). The Hall–Kier alpha value is -2.48. The van der Waals surface area contributed by atoms with Gasteiger partial charge in [-0.3, -0.25) is 4.79 Å². The molecule has 1 amide bonds. The van der Waals surface area contributed by atoms with Crippen LogP contribution >= 0.6 is 0 Å². The molecule has 0 bridgehead atoms. The molecule has 0 radical (unpaired) electrons. The Morgan fingerprint density at radius 3 is 2.37 bits per heavy atom. The van der Waals surface area contributed by atoms with Crippen molar-refractivity contribution < 1.29 is 23.1 Å². The zero-order valence-electron chi connectivity index (χ0n) is 15.2. The van der Waals surface area contributed by atoms with Crippen molar-refractivity contribution in [2.75, 3.05) is 20.1 Å². The molecule has 0 spiro atoms. The molecule has 0 unspecified atom stereocenters. The lowest BCUT2D eigenvalue weighted by atomic mass is 10.1. The number of hydrogen-bond acceptors (Lipinski definition) is 5. The van der Waals surface area contributed by atoms with E-state index in [2.05, 4.69) is 10.6 Å². The lowest BCUT2D eigenvalue weighted by Gasteiger charge is -2.07. The van der Waals surface area contributed by atoms with Gasteiger partial charge in [0.15, 0.2) is 17.1 Å². The van der Waals surface area contributed by atoms with E-state index in [1.54, 1.807) is 0 Å². The van der Waals surface area contributed by atoms with Crippen molar-refractivity contribution >= 4 is 16.9 Å². The van der Waals surface area contributed by atoms with E-state index < -0.39 is 34.5 Å². The van der Waals surface area contributed by atoms with Crippen molar-refractivity contribution in [3.63, 3.8) is 0 Å². The third-order valence-corrected chi connectivity index (χ3v) is 4.28. The van der Waals surface area contributed by atoms with Gasteiger partial charge in [0.2, 0.25) is 5.82 Å². The fraction of sp³-hybridized carbons (Fsp3) is 0.474.